The molecule has 1 saturated heterocycles. The number of amides is 2. The predicted octanol–water partition coefficient (Wildman–Crippen LogP) is -0.836. The van der Waals surface area contributed by atoms with Crippen LogP contribution in [0, 0.1) is 0 Å². The number of carbonyl (C=O) groups excluding carboxylic acids is 2. The van der Waals surface area contributed by atoms with E-state index < -0.39 is 6.09 Å². The molecule has 2 N–H and O–H groups in total. The fraction of sp³-hybridized carbons (Fsp3) is 0.778. The lowest BCUT2D eigenvalue weighted by Crippen LogP contribution is -2.48. The Labute approximate surface area is 88.9 Å². The Morgan fingerprint density at radius 3 is 2.67 bits per heavy atom. The minimum Gasteiger partial charge on any atom is -0.450 e. The highest BCUT2D eigenvalue weighted by molar-refractivity contribution is 5.92. The van der Waals surface area contributed by atoms with Crippen LogP contribution in [0.5, 0.6) is 0 Å². The highest BCUT2D eigenvalue weighted by Gasteiger charge is 2.15. The summed E-state index contributed by atoms with van der Waals surface area (Å²) in [6, 6.07) is 0. The second-order valence-corrected chi connectivity index (χ2v) is 3.29. The van der Waals surface area contributed by atoms with E-state index in [0.717, 1.165) is 26.2 Å². The van der Waals surface area contributed by atoms with E-state index in [2.05, 4.69) is 15.4 Å². The van der Waals surface area contributed by atoms with Gasteiger partial charge in [-0.25, -0.2) is 4.79 Å². The zero-order valence-corrected chi connectivity index (χ0v) is 8.91. The Hall–Kier alpha value is -1.14. The molecule has 1 aliphatic rings. The summed E-state index contributed by atoms with van der Waals surface area (Å²) in [7, 11) is 0. The molecule has 86 valence electrons. The van der Waals surface area contributed by atoms with Crippen LogP contribution in [0.25, 0.3) is 0 Å². The van der Waals surface area contributed by atoms with Gasteiger partial charge in [-0.15, -0.1) is 0 Å². The van der Waals surface area contributed by atoms with Crippen molar-refractivity contribution in [1.29, 1.82) is 0 Å². The molecule has 0 atom stereocenters. The fourth-order valence-corrected chi connectivity index (χ4v) is 1.39. The van der Waals surface area contributed by atoms with Crippen molar-refractivity contribution in [2.24, 2.45) is 0 Å². The number of ether oxygens (including phenoxy) is 1. The summed E-state index contributed by atoms with van der Waals surface area (Å²) < 4.78 is 4.60. The Bertz CT molecular complexity index is 227. The lowest BCUT2D eigenvalue weighted by atomic mass is 10.3. The molecule has 15 heavy (non-hydrogen) atoms. The minimum atomic E-state index is -0.669. The number of alkyl carbamates (subject to hydrolysis) is 1. The Morgan fingerprint density at radius 1 is 1.40 bits per heavy atom. The molecular formula is C9H17N3O3. The fourth-order valence-electron chi connectivity index (χ4n) is 1.39. The second-order valence-electron chi connectivity index (χ2n) is 3.29. The molecule has 6 heteroatoms. The average molecular weight is 215 g/mol. The van der Waals surface area contributed by atoms with Crippen LogP contribution in [0.15, 0.2) is 0 Å². The van der Waals surface area contributed by atoms with Crippen molar-refractivity contribution in [3.05, 3.63) is 0 Å². The third-order valence-corrected chi connectivity index (χ3v) is 2.09. The van der Waals surface area contributed by atoms with Crippen molar-refractivity contribution in [2.45, 2.75) is 6.92 Å². The maximum absolute atomic E-state index is 11.3. The Kier molecular flexibility index (Phi) is 5.06. The zero-order valence-electron chi connectivity index (χ0n) is 8.91. The van der Waals surface area contributed by atoms with E-state index in [1.807, 2.05) is 4.90 Å². The molecular weight excluding hydrogens is 198 g/mol. The first-order chi connectivity index (χ1) is 7.22. The number of nitrogens with zero attached hydrogens (tertiary/aromatic N) is 1. The van der Waals surface area contributed by atoms with Gasteiger partial charge in [-0.3, -0.25) is 15.0 Å². The number of nitrogens with one attached hydrogen (secondary N) is 2. The van der Waals surface area contributed by atoms with E-state index >= 15 is 0 Å². The Balaban J connectivity index is 2.19. The van der Waals surface area contributed by atoms with Crippen LogP contribution in [0.4, 0.5) is 4.79 Å². The van der Waals surface area contributed by atoms with Crippen LogP contribution in [-0.4, -0.2) is 56.2 Å². The van der Waals surface area contributed by atoms with Crippen LogP contribution >= 0.6 is 0 Å². The van der Waals surface area contributed by atoms with E-state index in [-0.39, 0.29) is 19.1 Å². The SMILES string of the molecule is CCOC(=O)NC(=O)CN1CCNCC1. The molecule has 0 saturated carbocycles. The molecule has 0 radical (unpaired) electrons. The van der Waals surface area contributed by atoms with Crippen LogP contribution in [0.2, 0.25) is 0 Å². The summed E-state index contributed by atoms with van der Waals surface area (Å²) in [4.78, 5) is 24.2. The number of hydrogen-bond acceptors (Lipinski definition) is 5. The van der Waals surface area contributed by atoms with E-state index in [1.165, 1.54) is 0 Å². The minimum absolute atomic E-state index is 0.250. The number of piperazine rings is 1. The standard InChI is InChI=1S/C9H17N3O3/c1-2-15-9(14)11-8(13)7-12-5-3-10-4-6-12/h10H,2-7H2,1H3,(H,11,13,14). The maximum atomic E-state index is 11.3. The molecule has 0 spiro atoms. The summed E-state index contributed by atoms with van der Waals surface area (Å²) in [5.41, 5.74) is 0. The maximum Gasteiger partial charge on any atom is 0.413 e. The van der Waals surface area contributed by atoms with Crippen LogP contribution in [0.3, 0.4) is 0 Å². The van der Waals surface area contributed by atoms with Crippen molar-refractivity contribution in [2.75, 3.05) is 39.3 Å². The van der Waals surface area contributed by atoms with E-state index in [1.54, 1.807) is 6.92 Å². The smallest absolute Gasteiger partial charge is 0.413 e. The van der Waals surface area contributed by atoms with Gasteiger partial charge in [-0.1, -0.05) is 0 Å². The highest BCUT2D eigenvalue weighted by Crippen LogP contribution is 1.91. The average Bonchev–Trinajstić information content (AvgIpc) is 2.19. The number of rotatable bonds is 3. The van der Waals surface area contributed by atoms with Gasteiger partial charge in [0.15, 0.2) is 0 Å². The van der Waals surface area contributed by atoms with Crippen LogP contribution in [-0.2, 0) is 9.53 Å². The van der Waals surface area contributed by atoms with Gasteiger partial charge in [0, 0.05) is 26.2 Å². The van der Waals surface area contributed by atoms with Gasteiger partial charge in [-0.05, 0) is 6.92 Å². The van der Waals surface area contributed by atoms with Crippen molar-refractivity contribution in [1.82, 2.24) is 15.5 Å². The van der Waals surface area contributed by atoms with Gasteiger partial charge >= 0.3 is 6.09 Å². The molecule has 0 aromatic rings. The van der Waals surface area contributed by atoms with Gasteiger partial charge in [-0.2, -0.15) is 0 Å². The first kappa shape index (κ1) is 11.9. The van der Waals surface area contributed by atoms with Crippen molar-refractivity contribution in [3.63, 3.8) is 0 Å². The molecule has 0 bridgehead atoms. The van der Waals surface area contributed by atoms with Gasteiger partial charge in [0.2, 0.25) is 5.91 Å². The molecule has 0 aromatic carbocycles. The monoisotopic (exact) mass is 215 g/mol. The van der Waals surface area contributed by atoms with Crippen molar-refractivity contribution < 1.29 is 14.3 Å². The molecule has 1 heterocycles. The molecule has 6 nitrogen and oxygen atoms in total. The zero-order chi connectivity index (χ0) is 11.1. The van der Waals surface area contributed by atoms with Gasteiger partial charge in [0.05, 0.1) is 13.2 Å². The molecule has 2 amide bonds. The van der Waals surface area contributed by atoms with Gasteiger partial charge in [0.25, 0.3) is 0 Å². The van der Waals surface area contributed by atoms with Crippen LogP contribution < -0.4 is 10.6 Å². The highest BCUT2D eigenvalue weighted by atomic mass is 16.5. The molecule has 0 aromatic heterocycles. The summed E-state index contributed by atoms with van der Waals surface area (Å²) >= 11 is 0. The summed E-state index contributed by atoms with van der Waals surface area (Å²) in [6.07, 6.45) is -0.669. The third kappa shape index (κ3) is 4.75. The second kappa shape index (κ2) is 6.36. The predicted molar refractivity (Wildman–Crippen MR) is 54.5 cm³/mol. The summed E-state index contributed by atoms with van der Waals surface area (Å²) in [5, 5.41) is 5.35. The van der Waals surface area contributed by atoms with E-state index in [0.29, 0.717) is 0 Å². The topological polar surface area (TPSA) is 70.7 Å². The quantitative estimate of drug-likeness (QED) is 0.642. The van der Waals surface area contributed by atoms with Crippen molar-refractivity contribution >= 4 is 12.0 Å². The molecule has 0 aliphatic carbocycles. The lowest BCUT2D eigenvalue weighted by molar-refractivity contribution is -0.121. The number of carbonyl (C=O) groups is 2. The molecule has 1 aliphatic heterocycles. The largest absolute Gasteiger partial charge is 0.450 e. The van der Waals surface area contributed by atoms with E-state index in [4.69, 9.17) is 0 Å². The van der Waals surface area contributed by atoms with Crippen molar-refractivity contribution in [3.8, 4) is 0 Å². The third-order valence-electron chi connectivity index (χ3n) is 2.09. The van der Waals surface area contributed by atoms with E-state index in [9.17, 15) is 9.59 Å². The number of hydrogen-bond donors (Lipinski definition) is 2. The summed E-state index contributed by atoms with van der Waals surface area (Å²) in [6.45, 7) is 5.64. The molecule has 1 fully saturated rings. The Morgan fingerprint density at radius 2 is 2.07 bits per heavy atom. The van der Waals surface area contributed by atoms with Gasteiger partial charge < -0.3 is 10.1 Å². The van der Waals surface area contributed by atoms with Gasteiger partial charge in [0.1, 0.15) is 0 Å². The lowest BCUT2D eigenvalue weighted by Gasteiger charge is -2.26. The first-order valence-corrected chi connectivity index (χ1v) is 5.12. The number of imide groups is 1. The first-order valence-electron chi connectivity index (χ1n) is 5.12. The molecule has 1 rings (SSSR count). The normalized spacial score (nSPS) is 17.1. The molecule has 0 unspecified atom stereocenters. The summed E-state index contributed by atoms with van der Waals surface area (Å²) in [5.74, 6) is -0.310. The van der Waals surface area contributed by atoms with Crippen LogP contribution in [0.1, 0.15) is 6.92 Å².